The Labute approximate surface area is 124 Å². The van der Waals surface area contributed by atoms with Crippen LogP contribution in [-0.4, -0.2) is 37.7 Å². The van der Waals surface area contributed by atoms with Crippen molar-refractivity contribution in [2.45, 2.75) is 32.4 Å². The van der Waals surface area contributed by atoms with Crippen molar-refractivity contribution < 1.29 is 4.74 Å². The van der Waals surface area contributed by atoms with Crippen LogP contribution in [-0.2, 0) is 6.54 Å². The van der Waals surface area contributed by atoms with Crippen molar-refractivity contribution in [1.29, 1.82) is 0 Å². The van der Waals surface area contributed by atoms with E-state index in [9.17, 15) is 0 Å². The first-order valence-electron chi connectivity index (χ1n) is 7.01. The van der Waals surface area contributed by atoms with Crippen LogP contribution in [0.5, 0.6) is 5.75 Å². The summed E-state index contributed by atoms with van der Waals surface area (Å²) < 4.78 is 6.48. The number of ether oxygens (including phenoxy) is 1. The van der Waals surface area contributed by atoms with Crippen molar-refractivity contribution in [3.8, 4) is 5.75 Å². The van der Waals surface area contributed by atoms with E-state index in [-0.39, 0.29) is 0 Å². The highest BCUT2D eigenvalue weighted by Crippen LogP contribution is 2.25. The maximum absolute atomic E-state index is 5.32. The zero-order chi connectivity index (χ0) is 13.7. The third kappa shape index (κ3) is 3.94. The highest BCUT2D eigenvalue weighted by atomic mass is 79.9. The van der Waals surface area contributed by atoms with Gasteiger partial charge >= 0.3 is 0 Å². The van der Waals surface area contributed by atoms with Crippen molar-refractivity contribution in [3.63, 3.8) is 0 Å². The van der Waals surface area contributed by atoms with Crippen molar-refractivity contribution in [3.05, 3.63) is 28.2 Å². The van der Waals surface area contributed by atoms with E-state index in [0.29, 0.717) is 6.04 Å². The van der Waals surface area contributed by atoms with E-state index >= 15 is 0 Å². The molecule has 1 saturated heterocycles. The molecule has 0 bridgehead atoms. The molecular weight excluding hydrogens is 304 g/mol. The molecule has 0 saturated carbocycles. The molecule has 0 radical (unpaired) electrons. The standard InChI is InChI=1S/C15H23BrN2O/c1-3-18(13-5-4-8-17-10-13)11-12-9-14(19-2)6-7-15(12)16/h6-7,9,13,17H,3-5,8,10-11H2,1-2H3. The molecule has 1 aromatic rings. The number of halogens is 1. The third-order valence-electron chi connectivity index (χ3n) is 3.82. The minimum atomic E-state index is 0.650. The van der Waals surface area contributed by atoms with Gasteiger partial charge in [-0.1, -0.05) is 22.9 Å². The summed E-state index contributed by atoms with van der Waals surface area (Å²) in [5.74, 6) is 0.927. The second-order valence-electron chi connectivity index (χ2n) is 5.02. The summed E-state index contributed by atoms with van der Waals surface area (Å²) in [7, 11) is 1.72. The zero-order valence-electron chi connectivity index (χ0n) is 11.8. The minimum Gasteiger partial charge on any atom is -0.497 e. The fraction of sp³-hybridized carbons (Fsp3) is 0.600. The average Bonchev–Trinajstić information content (AvgIpc) is 2.47. The van der Waals surface area contributed by atoms with E-state index in [0.717, 1.165) is 36.4 Å². The normalized spacial score (nSPS) is 19.7. The maximum atomic E-state index is 5.32. The first-order valence-corrected chi connectivity index (χ1v) is 7.81. The Balaban J connectivity index is 2.08. The fourth-order valence-electron chi connectivity index (χ4n) is 2.66. The molecule has 0 aliphatic carbocycles. The molecule has 1 fully saturated rings. The van der Waals surface area contributed by atoms with Gasteiger partial charge in [0.15, 0.2) is 0 Å². The van der Waals surface area contributed by atoms with Gasteiger partial charge in [-0.25, -0.2) is 0 Å². The average molecular weight is 327 g/mol. The van der Waals surface area contributed by atoms with Crippen molar-refractivity contribution in [2.75, 3.05) is 26.7 Å². The quantitative estimate of drug-likeness (QED) is 0.900. The second-order valence-corrected chi connectivity index (χ2v) is 5.87. The predicted octanol–water partition coefficient (Wildman–Crippen LogP) is 3.03. The SMILES string of the molecule is CCN(Cc1cc(OC)ccc1Br)C1CCCNC1. The number of hydrogen-bond donors (Lipinski definition) is 1. The summed E-state index contributed by atoms with van der Waals surface area (Å²) in [5.41, 5.74) is 1.30. The van der Waals surface area contributed by atoms with E-state index in [1.807, 2.05) is 6.07 Å². The topological polar surface area (TPSA) is 24.5 Å². The van der Waals surface area contributed by atoms with Gasteiger partial charge in [0.05, 0.1) is 7.11 Å². The van der Waals surface area contributed by atoms with Crippen LogP contribution in [0.1, 0.15) is 25.3 Å². The van der Waals surface area contributed by atoms with Crippen LogP contribution in [0, 0.1) is 0 Å². The van der Waals surface area contributed by atoms with Crippen LogP contribution in [0.15, 0.2) is 22.7 Å². The predicted molar refractivity (Wildman–Crippen MR) is 82.7 cm³/mol. The monoisotopic (exact) mass is 326 g/mol. The van der Waals surface area contributed by atoms with Gasteiger partial charge in [0.2, 0.25) is 0 Å². The Bertz CT molecular complexity index is 405. The Hall–Kier alpha value is -0.580. The van der Waals surface area contributed by atoms with Crippen molar-refractivity contribution in [2.24, 2.45) is 0 Å². The summed E-state index contributed by atoms with van der Waals surface area (Å²) in [6, 6.07) is 6.84. The van der Waals surface area contributed by atoms with Crippen LogP contribution < -0.4 is 10.1 Å². The molecule has 2 rings (SSSR count). The van der Waals surface area contributed by atoms with Gasteiger partial charge < -0.3 is 10.1 Å². The second kappa shape index (κ2) is 7.27. The van der Waals surface area contributed by atoms with Gasteiger partial charge in [0, 0.05) is 23.6 Å². The summed E-state index contributed by atoms with van der Waals surface area (Å²) in [6.07, 6.45) is 2.57. The van der Waals surface area contributed by atoms with Crippen LogP contribution in [0.25, 0.3) is 0 Å². The summed E-state index contributed by atoms with van der Waals surface area (Å²) in [4.78, 5) is 2.55. The first kappa shape index (κ1) is 14.8. The fourth-order valence-corrected chi connectivity index (χ4v) is 3.03. The lowest BCUT2D eigenvalue weighted by Crippen LogP contribution is -2.45. The number of nitrogens with zero attached hydrogens (tertiary/aromatic N) is 1. The molecule has 0 aromatic heterocycles. The smallest absolute Gasteiger partial charge is 0.119 e. The first-order chi connectivity index (χ1) is 9.24. The van der Waals surface area contributed by atoms with Crippen LogP contribution >= 0.6 is 15.9 Å². The zero-order valence-corrected chi connectivity index (χ0v) is 13.4. The maximum Gasteiger partial charge on any atom is 0.119 e. The molecule has 1 atom stereocenters. The molecule has 4 heteroatoms. The van der Waals surface area contributed by atoms with E-state index < -0.39 is 0 Å². The van der Waals surface area contributed by atoms with Gasteiger partial charge in [-0.15, -0.1) is 0 Å². The minimum absolute atomic E-state index is 0.650. The molecular formula is C15H23BrN2O. The molecule has 1 aliphatic heterocycles. The van der Waals surface area contributed by atoms with Gasteiger partial charge in [-0.2, -0.15) is 0 Å². The van der Waals surface area contributed by atoms with Crippen molar-refractivity contribution in [1.82, 2.24) is 10.2 Å². The van der Waals surface area contributed by atoms with E-state index in [2.05, 4.69) is 45.2 Å². The van der Waals surface area contributed by atoms with Crippen molar-refractivity contribution >= 4 is 15.9 Å². The number of methoxy groups -OCH3 is 1. The number of hydrogen-bond acceptors (Lipinski definition) is 3. The highest BCUT2D eigenvalue weighted by Gasteiger charge is 2.20. The van der Waals surface area contributed by atoms with Gasteiger partial charge in [-0.3, -0.25) is 4.90 Å². The van der Waals surface area contributed by atoms with Gasteiger partial charge in [0.25, 0.3) is 0 Å². The molecule has 0 amide bonds. The number of rotatable bonds is 5. The summed E-state index contributed by atoms with van der Waals surface area (Å²) in [5, 5.41) is 3.49. The molecule has 1 aromatic carbocycles. The van der Waals surface area contributed by atoms with Gasteiger partial charge in [0.1, 0.15) is 5.75 Å². The highest BCUT2D eigenvalue weighted by molar-refractivity contribution is 9.10. The molecule has 19 heavy (non-hydrogen) atoms. The third-order valence-corrected chi connectivity index (χ3v) is 4.59. The molecule has 1 heterocycles. The van der Waals surface area contributed by atoms with Gasteiger partial charge in [-0.05, 0) is 49.7 Å². The molecule has 1 unspecified atom stereocenters. The largest absolute Gasteiger partial charge is 0.497 e. The lowest BCUT2D eigenvalue weighted by atomic mass is 10.0. The number of likely N-dealkylation sites (N-methyl/N-ethyl adjacent to an activating group) is 1. The van der Waals surface area contributed by atoms with E-state index in [4.69, 9.17) is 4.74 Å². The van der Waals surface area contributed by atoms with Crippen LogP contribution in [0.2, 0.25) is 0 Å². The number of nitrogens with one attached hydrogen (secondary N) is 1. The number of piperidine rings is 1. The Morgan fingerprint density at radius 3 is 2.95 bits per heavy atom. The Kier molecular flexibility index (Phi) is 5.67. The lowest BCUT2D eigenvalue weighted by Gasteiger charge is -2.34. The molecule has 0 spiro atoms. The van der Waals surface area contributed by atoms with E-state index in [1.54, 1.807) is 7.11 Å². The number of benzene rings is 1. The molecule has 106 valence electrons. The molecule has 1 N–H and O–H groups in total. The lowest BCUT2D eigenvalue weighted by molar-refractivity contribution is 0.165. The van der Waals surface area contributed by atoms with Crippen LogP contribution in [0.3, 0.4) is 0 Å². The molecule has 3 nitrogen and oxygen atoms in total. The summed E-state index contributed by atoms with van der Waals surface area (Å²) >= 11 is 3.64. The summed E-state index contributed by atoms with van der Waals surface area (Å²) in [6.45, 7) is 6.56. The van der Waals surface area contributed by atoms with Crippen LogP contribution in [0.4, 0.5) is 0 Å². The Morgan fingerprint density at radius 2 is 2.32 bits per heavy atom. The van der Waals surface area contributed by atoms with E-state index in [1.165, 1.54) is 18.4 Å². The molecule has 1 aliphatic rings. The Morgan fingerprint density at radius 1 is 1.47 bits per heavy atom.